The number of carbonyl (C=O) groups excluding carboxylic acids is 1. The molecule has 0 bridgehead atoms. The molecule has 0 unspecified atom stereocenters. The maximum Gasteiger partial charge on any atom is 0.254 e. The van der Waals surface area contributed by atoms with Crippen LogP contribution in [0.15, 0.2) is 34.9 Å². The van der Waals surface area contributed by atoms with E-state index in [-0.39, 0.29) is 11.3 Å². The van der Waals surface area contributed by atoms with Gasteiger partial charge >= 0.3 is 0 Å². The molecule has 6 heteroatoms. The average molecular weight is 340 g/mol. The molecule has 132 valence electrons. The fourth-order valence-corrected chi connectivity index (χ4v) is 4.27. The summed E-state index contributed by atoms with van der Waals surface area (Å²) in [6.45, 7) is 1.36. The Balaban J connectivity index is 1.49. The number of hydrogen-bond donors (Lipinski definition) is 1. The number of fused-ring (bicyclic) bond motifs is 1. The second kappa shape index (κ2) is 6.59. The summed E-state index contributed by atoms with van der Waals surface area (Å²) in [4.78, 5) is 18.8. The molecule has 6 nitrogen and oxygen atoms in total. The molecule has 1 saturated carbocycles. The minimum atomic E-state index is -0.0387. The van der Waals surface area contributed by atoms with Gasteiger partial charge in [-0.1, -0.05) is 36.2 Å². The van der Waals surface area contributed by atoms with Crippen molar-refractivity contribution in [2.24, 2.45) is 0 Å². The molecule has 2 atom stereocenters. The molecular weight excluding hydrogens is 316 g/mol. The molecule has 25 heavy (non-hydrogen) atoms. The van der Waals surface area contributed by atoms with Gasteiger partial charge in [-0.15, -0.1) is 0 Å². The molecule has 4 rings (SSSR count). The molecular formula is C19H24N4O2. The van der Waals surface area contributed by atoms with E-state index in [0.717, 1.165) is 25.3 Å². The van der Waals surface area contributed by atoms with Crippen LogP contribution in [0.25, 0.3) is 0 Å². The Bertz CT molecular complexity index is 745. The van der Waals surface area contributed by atoms with Crippen molar-refractivity contribution in [3.05, 3.63) is 47.6 Å². The lowest BCUT2D eigenvalue weighted by atomic mass is 9.70. The molecule has 1 amide bonds. The van der Waals surface area contributed by atoms with E-state index in [1.54, 1.807) is 11.9 Å². The molecule has 1 N–H and O–H groups in total. The molecule has 1 aliphatic carbocycles. The highest BCUT2D eigenvalue weighted by atomic mass is 16.5. The van der Waals surface area contributed by atoms with Crippen molar-refractivity contribution < 1.29 is 9.32 Å². The highest BCUT2D eigenvalue weighted by Gasteiger charge is 2.49. The van der Waals surface area contributed by atoms with Crippen LogP contribution in [0.4, 0.5) is 0 Å². The summed E-state index contributed by atoms with van der Waals surface area (Å²) in [6, 6.07) is 9.70. The minimum absolute atomic E-state index is 0.00842. The van der Waals surface area contributed by atoms with Crippen molar-refractivity contribution in [2.75, 3.05) is 13.6 Å². The fourth-order valence-electron chi connectivity index (χ4n) is 4.27. The number of carbonyl (C=O) groups is 1. The summed E-state index contributed by atoms with van der Waals surface area (Å²) < 4.78 is 5.66. The van der Waals surface area contributed by atoms with E-state index in [1.807, 2.05) is 30.3 Å². The van der Waals surface area contributed by atoms with Gasteiger partial charge in [-0.05, 0) is 37.9 Å². The smallest absolute Gasteiger partial charge is 0.254 e. The zero-order valence-electron chi connectivity index (χ0n) is 14.6. The fraction of sp³-hybridized carbons (Fsp3) is 0.526. The Hall–Kier alpha value is -2.21. The summed E-state index contributed by atoms with van der Waals surface area (Å²) >= 11 is 0. The number of nitrogens with one attached hydrogen (secondary N) is 1. The third-order valence-corrected chi connectivity index (χ3v) is 5.63. The van der Waals surface area contributed by atoms with E-state index in [9.17, 15) is 4.79 Å². The molecule has 1 aromatic heterocycles. The number of benzene rings is 1. The predicted octanol–water partition coefficient (Wildman–Crippen LogP) is 2.52. The Morgan fingerprint density at radius 1 is 1.32 bits per heavy atom. The number of amides is 1. The van der Waals surface area contributed by atoms with E-state index in [1.165, 1.54) is 19.3 Å². The van der Waals surface area contributed by atoms with Gasteiger partial charge < -0.3 is 14.7 Å². The Kier molecular flexibility index (Phi) is 4.29. The predicted molar refractivity (Wildman–Crippen MR) is 93.1 cm³/mol. The normalized spacial score (nSPS) is 25.6. The van der Waals surface area contributed by atoms with Gasteiger partial charge in [-0.25, -0.2) is 0 Å². The Morgan fingerprint density at radius 2 is 2.16 bits per heavy atom. The zero-order chi connectivity index (χ0) is 17.3. The monoisotopic (exact) mass is 340 g/mol. The lowest BCUT2D eigenvalue weighted by Gasteiger charge is -2.35. The van der Waals surface area contributed by atoms with Crippen LogP contribution in [0.1, 0.15) is 54.2 Å². The van der Waals surface area contributed by atoms with E-state index < -0.39 is 0 Å². The first-order valence-corrected chi connectivity index (χ1v) is 9.06. The van der Waals surface area contributed by atoms with Crippen molar-refractivity contribution in [2.45, 2.75) is 50.1 Å². The quantitative estimate of drug-likeness (QED) is 0.926. The van der Waals surface area contributed by atoms with Gasteiger partial charge in [0.15, 0.2) is 5.82 Å². The first kappa shape index (κ1) is 16.3. The lowest BCUT2D eigenvalue weighted by molar-refractivity contribution is 0.0780. The number of aromatic nitrogens is 2. The van der Waals surface area contributed by atoms with Gasteiger partial charge in [0.05, 0.1) is 12.0 Å². The SMILES string of the molecule is CN(Cc1noc([C@@]23CCCC[C@@H]2NCC3)n1)C(=O)c1ccccc1. The molecule has 2 fully saturated rings. The van der Waals surface area contributed by atoms with Gasteiger partial charge in [0.1, 0.15) is 0 Å². The van der Waals surface area contributed by atoms with E-state index in [0.29, 0.717) is 24.0 Å². The lowest BCUT2D eigenvalue weighted by Crippen LogP contribution is -2.43. The standard InChI is InChI=1S/C19H24N4O2/c1-23(17(24)14-7-3-2-4-8-14)13-16-21-18(25-22-16)19-10-6-5-9-15(19)20-12-11-19/h2-4,7-8,15,20H,5-6,9-13H2,1H3/t15-,19+/m0/s1. The molecule has 2 aliphatic rings. The van der Waals surface area contributed by atoms with Crippen LogP contribution in [0.5, 0.6) is 0 Å². The molecule has 1 saturated heterocycles. The maximum absolute atomic E-state index is 12.5. The molecule has 1 aromatic carbocycles. The van der Waals surface area contributed by atoms with Gasteiger partial charge in [-0.3, -0.25) is 4.79 Å². The van der Waals surface area contributed by atoms with Crippen LogP contribution >= 0.6 is 0 Å². The van der Waals surface area contributed by atoms with Crippen LogP contribution in [0.3, 0.4) is 0 Å². The molecule has 0 spiro atoms. The van der Waals surface area contributed by atoms with Crippen molar-refractivity contribution in [3.63, 3.8) is 0 Å². The second-order valence-electron chi connectivity index (χ2n) is 7.20. The first-order chi connectivity index (χ1) is 12.2. The van der Waals surface area contributed by atoms with Crippen molar-refractivity contribution in [1.29, 1.82) is 0 Å². The third kappa shape index (κ3) is 2.95. The molecule has 2 aromatic rings. The van der Waals surface area contributed by atoms with E-state index in [4.69, 9.17) is 4.52 Å². The summed E-state index contributed by atoms with van der Waals surface area (Å²) in [6.07, 6.45) is 5.80. The van der Waals surface area contributed by atoms with Crippen LogP contribution in [-0.4, -0.2) is 40.6 Å². The Labute approximate surface area is 147 Å². The van der Waals surface area contributed by atoms with Gasteiger partial charge in [-0.2, -0.15) is 4.98 Å². The molecule has 1 aliphatic heterocycles. The molecule has 0 radical (unpaired) electrons. The topological polar surface area (TPSA) is 71.3 Å². The van der Waals surface area contributed by atoms with Crippen LogP contribution in [0.2, 0.25) is 0 Å². The average Bonchev–Trinajstić information content (AvgIpc) is 3.29. The number of nitrogens with zero attached hydrogens (tertiary/aromatic N) is 3. The number of rotatable bonds is 4. The van der Waals surface area contributed by atoms with Gasteiger partial charge in [0, 0.05) is 18.7 Å². The minimum Gasteiger partial charge on any atom is -0.339 e. The van der Waals surface area contributed by atoms with Gasteiger partial charge in [0.25, 0.3) is 5.91 Å². The van der Waals surface area contributed by atoms with E-state index in [2.05, 4.69) is 15.5 Å². The highest BCUT2D eigenvalue weighted by molar-refractivity contribution is 5.93. The maximum atomic E-state index is 12.5. The highest BCUT2D eigenvalue weighted by Crippen LogP contribution is 2.44. The largest absolute Gasteiger partial charge is 0.339 e. The Morgan fingerprint density at radius 3 is 3.00 bits per heavy atom. The second-order valence-corrected chi connectivity index (χ2v) is 7.20. The van der Waals surface area contributed by atoms with Crippen LogP contribution < -0.4 is 5.32 Å². The third-order valence-electron chi connectivity index (χ3n) is 5.63. The first-order valence-electron chi connectivity index (χ1n) is 9.06. The summed E-state index contributed by atoms with van der Waals surface area (Å²) in [7, 11) is 1.77. The van der Waals surface area contributed by atoms with Crippen LogP contribution in [0, 0.1) is 0 Å². The number of hydrogen-bond acceptors (Lipinski definition) is 5. The van der Waals surface area contributed by atoms with Crippen molar-refractivity contribution in [3.8, 4) is 0 Å². The summed E-state index contributed by atoms with van der Waals surface area (Å²) in [5, 5.41) is 7.75. The zero-order valence-corrected chi connectivity index (χ0v) is 14.6. The summed E-state index contributed by atoms with van der Waals surface area (Å²) in [5.74, 6) is 1.29. The van der Waals surface area contributed by atoms with Gasteiger partial charge in [0.2, 0.25) is 5.89 Å². The molecule has 2 heterocycles. The van der Waals surface area contributed by atoms with Crippen molar-refractivity contribution in [1.82, 2.24) is 20.4 Å². The van der Waals surface area contributed by atoms with Crippen molar-refractivity contribution >= 4 is 5.91 Å². The van der Waals surface area contributed by atoms with E-state index >= 15 is 0 Å². The summed E-state index contributed by atoms with van der Waals surface area (Å²) in [5.41, 5.74) is 0.658. The van der Waals surface area contributed by atoms with Crippen LogP contribution in [-0.2, 0) is 12.0 Å².